The van der Waals surface area contributed by atoms with Gasteiger partial charge in [-0.15, -0.1) is 0 Å². The van der Waals surface area contributed by atoms with Crippen molar-refractivity contribution in [1.29, 1.82) is 0 Å². The Balaban J connectivity index is 1.89. The highest BCUT2D eigenvalue weighted by atomic mass is 35.5. The Labute approximate surface area is 140 Å². The van der Waals surface area contributed by atoms with Crippen molar-refractivity contribution in [1.82, 2.24) is 0 Å². The van der Waals surface area contributed by atoms with Gasteiger partial charge in [-0.2, -0.15) is 13.2 Å². The minimum absolute atomic E-state index is 0.0398. The number of ether oxygens (including phenoxy) is 1. The Morgan fingerprint density at radius 1 is 1.08 bits per heavy atom. The van der Waals surface area contributed by atoms with Crippen LogP contribution in [0.2, 0.25) is 5.02 Å². The van der Waals surface area contributed by atoms with Crippen molar-refractivity contribution < 1.29 is 22.7 Å². The van der Waals surface area contributed by atoms with Crippen molar-refractivity contribution in [2.24, 2.45) is 4.99 Å². The highest BCUT2D eigenvalue weighted by Gasteiger charge is 2.31. The number of rotatable bonds is 2. The third-order valence-electron chi connectivity index (χ3n) is 3.23. The third-order valence-corrected chi connectivity index (χ3v) is 3.47. The number of carbonyl (C=O) groups is 1. The standard InChI is InChI=1S/C17H9ClF3NO2/c18-13-3-1-2-10(8-13)9-14-16(23)24-15(22-14)11-4-6-12(7-5-11)17(19,20)21/h1-9H. The molecule has 2 aromatic carbocycles. The average molecular weight is 352 g/mol. The monoisotopic (exact) mass is 351 g/mol. The van der Waals surface area contributed by atoms with Crippen LogP contribution in [0, 0.1) is 0 Å². The molecule has 0 saturated carbocycles. The van der Waals surface area contributed by atoms with Crippen molar-refractivity contribution in [2.75, 3.05) is 0 Å². The summed E-state index contributed by atoms with van der Waals surface area (Å²) in [6.45, 7) is 0. The van der Waals surface area contributed by atoms with E-state index in [-0.39, 0.29) is 17.2 Å². The van der Waals surface area contributed by atoms with Gasteiger partial charge in [-0.25, -0.2) is 9.79 Å². The topological polar surface area (TPSA) is 38.7 Å². The van der Waals surface area contributed by atoms with Gasteiger partial charge in [-0.05, 0) is 48.0 Å². The molecule has 0 N–H and O–H groups in total. The lowest BCUT2D eigenvalue weighted by Crippen LogP contribution is -2.08. The molecule has 3 nitrogen and oxygen atoms in total. The van der Waals surface area contributed by atoms with E-state index in [4.69, 9.17) is 16.3 Å². The molecule has 0 fully saturated rings. The molecule has 0 radical (unpaired) electrons. The van der Waals surface area contributed by atoms with Gasteiger partial charge in [0.1, 0.15) is 0 Å². The molecule has 0 bridgehead atoms. The van der Waals surface area contributed by atoms with Crippen molar-refractivity contribution in [2.45, 2.75) is 6.18 Å². The Morgan fingerprint density at radius 2 is 1.79 bits per heavy atom. The normalized spacial score (nSPS) is 16.2. The van der Waals surface area contributed by atoms with Crippen LogP contribution in [-0.2, 0) is 15.7 Å². The summed E-state index contributed by atoms with van der Waals surface area (Å²) in [5.74, 6) is -0.716. The first-order valence-electron chi connectivity index (χ1n) is 6.79. The number of aliphatic imine (C=N–C) groups is 1. The quantitative estimate of drug-likeness (QED) is 0.581. The molecule has 3 rings (SSSR count). The Morgan fingerprint density at radius 3 is 2.42 bits per heavy atom. The van der Waals surface area contributed by atoms with Crippen LogP contribution in [0.5, 0.6) is 0 Å². The van der Waals surface area contributed by atoms with Gasteiger partial charge in [0.15, 0.2) is 5.70 Å². The van der Waals surface area contributed by atoms with E-state index in [1.165, 1.54) is 18.2 Å². The molecule has 0 saturated heterocycles. The van der Waals surface area contributed by atoms with E-state index in [9.17, 15) is 18.0 Å². The Hall–Kier alpha value is -2.60. The summed E-state index contributed by atoms with van der Waals surface area (Å²) in [5, 5.41) is 0.502. The molecule has 0 spiro atoms. The first-order chi connectivity index (χ1) is 11.3. The number of nitrogens with zero attached hydrogens (tertiary/aromatic N) is 1. The number of hydrogen-bond donors (Lipinski definition) is 0. The maximum absolute atomic E-state index is 12.6. The van der Waals surface area contributed by atoms with Crippen LogP contribution >= 0.6 is 11.6 Å². The number of halogens is 4. The van der Waals surface area contributed by atoms with Gasteiger partial charge in [-0.3, -0.25) is 0 Å². The van der Waals surface area contributed by atoms with E-state index in [1.54, 1.807) is 24.3 Å². The first kappa shape index (κ1) is 16.3. The Bertz CT molecular complexity index is 855. The van der Waals surface area contributed by atoms with Crippen LogP contribution in [0.4, 0.5) is 13.2 Å². The maximum atomic E-state index is 12.6. The summed E-state index contributed by atoms with van der Waals surface area (Å²) in [5.41, 5.74) is 0.204. The Kier molecular flexibility index (Phi) is 4.15. The predicted octanol–water partition coefficient (Wildman–Crippen LogP) is 4.70. The smallest absolute Gasteiger partial charge is 0.402 e. The fourth-order valence-corrected chi connectivity index (χ4v) is 2.29. The van der Waals surface area contributed by atoms with Crippen molar-refractivity contribution in [3.8, 4) is 0 Å². The fourth-order valence-electron chi connectivity index (χ4n) is 2.09. The number of hydrogen-bond acceptors (Lipinski definition) is 3. The summed E-state index contributed by atoms with van der Waals surface area (Å²) in [4.78, 5) is 15.9. The van der Waals surface area contributed by atoms with Gasteiger partial charge in [0, 0.05) is 10.6 Å². The summed E-state index contributed by atoms with van der Waals surface area (Å²) < 4.78 is 42.7. The van der Waals surface area contributed by atoms with Gasteiger partial charge in [-0.1, -0.05) is 23.7 Å². The maximum Gasteiger partial charge on any atom is 0.416 e. The van der Waals surface area contributed by atoms with E-state index in [0.29, 0.717) is 10.6 Å². The second kappa shape index (κ2) is 6.13. The minimum Gasteiger partial charge on any atom is -0.402 e. The second-order valence-corrected chi connectivity index (χ2v) is 5.40. The number of carbonyl (C=O) groups excluding carboxylic acids is 1. The summed E-state index contributed by atoms with van der Waals surface area (Å²) in [7, 11) is 0. The summed E-state index contributed by atoms with van der Waals surface area (Å²) in [6.07, 6.45) is -2.93. The highest BCUT2D eigenvalue weighted by Crippen LogP contribution is 2.29. The SMILES string of the molecule is O=C1OC(c2ccc(C(F)(F)F)cc2)=NC1=Cc1cccc(Cl)c1. The number of esters is 1. The van der Waals surface area contributed by atoms with Crippen molar-refractivity contribution in [3.05, 3.63) is 75.9 Å². The molecule has 24 heavy (non-hydrogen) atoms. The van der Waals surface area contributed by atoms with Gasteiger partial charge in [0.25, 0.3) is 0 Å². The van der Waals surface area contributed by atoms with Crippen LogP contribution < -0.4 is 0 Å². The molecule has 0 atom stereocenters. The molecular weight excluding hydrogens is 343 g/mol. The van der Waals surface area contributed by atoms with Gasteiger partial charge >= 0.3 is 12.1 Å². The van der Waals surface area contributed by atoms with Crippen LogP contribution in [0.3, 0.4) is 0 Å². The number of alkyl halides is 3. The fraction of sp³-hybridized carbons (Fsp3) is 0.0588. The minimum atomic E-state index is -4.43. The molecule has 0 unspecified atom stereocenters. The summed E-state index contributed by atoms with van der Waals surface area (Å²) >= 11 is 5.87. The van der Waals surface area contributed by atoms with Crippen LogP contribution in [0.25, 0.3) is 6.08 Å². The van der Waals surface area contributed by atoms with E-state index in [2.05, 4.69) is 4.99 Å². The van der Waals surface area contributed by atoms with Gasteiger partial charge < -0.3 is 4.74 Å². The molecule has 122 valence electrons. The van der Waals surface area contributed by atoms with Crippen molar-refractivity contribution >= 4 is 29.5 Å². The van der Waals surface area contributed by atoms with Crippen LogP contribution in [0.1, 0.15) is 16.7 Å². The molecule has 1 aliphatic rings. The lowest BCUT2D eigenvalue weighted by atomic mass is 10.1. The van der Waals surface area contributed by atoms with E-state index in [1.807, 2.05) is 0 Å². The highest BCUT2D eigenvalue weighted by molar-refractivity contribution is 6.30. The lowest BCUT2D eigenvalue weighted by Gasteiger charge is -2.06. The molecule has 1 aliphatic heterocycles. The van der Waals surface area contributed by atoms with E-state index in [0.717, 1.165) is 12.1 Å². The largest absolute Gasteiger partial charge is 0.416 e. The molecule has 1 heterocycles. The lowest BCUT2D eigenvalue weighted by molar-refractivity contribution is -0.137. The zero-order valence-corrected chi connectivity index (χ0v) is 12.7. The van der Waals surface area contributed by atoms with Crippen LogP contribution in [-0.4, -0.2) is 11.9 Å². The molecule has 2 aromatic rings. The summed E-state index contributed by atoms with van der Waals surface area (Å²) in [6, 6.07) is 11.0. The second-order valence-electron chi connectivity index (χ2n) is 4.97. The van der Waals surface area contributed by atoms with Gasteiger partial charge in [0.05, 0.1) is 5.56 Å². The van der Waals surface area contributed by atoms with Gasteiger partial charge in [0.2, 0.25) is 5.90 Å². The van der Waals surface area contributed by atoms with E-state index < -0.39 is 17.7 Å². The molecular formula is C17H9ClF3NO2. The number of cyclic esters (lactones) is 1. The van der Waals surface area contributed by atoms with Crippen molar-refractivity contribution in [3.63, 3.8) is 0 Å². The van der Waals surface area contributed by atoms with Crippen LogP contribution in [0.15, 0.2) is 59.2 Å². The molecule has 0 aromatic heterocycles. The molecule has 0 aliphatic carbocycles. The van der Waals surface area contributed by atoms with E-state index >= 15 is 0 Å². The first-order valence-corrected chi connectivity index (χ1v) is 7.16. The predicted molar refractivity (Wildman–Crippen MR) is 83.5 cm³/mol. The zero-order valence-electron chi connectivity index (χ0n) is 12.0. The molecule has 7 heteroatoms. The average Bonchev–Trinajstić information content (AvgIpc) is 2.88. The molecule has 0 amide bonds. The number of benzene rings is 2. The zero-order chi connectivity index (χ0) is 17.3. The third kappa shape index (κ3) is 3.49.